The molecule has 1 atom stereocenters. The third-order valence-corrected chi connectivity index (χ3v) is 4.88. The minimum absolute atomic E-state index is 0.0138. The predicted octanol–water partition coefficient (Wildman–Crippen LogP) is 5.36. The number of rotatable bonds is 3. The van der Waals surface area contributed by atoms with E-state index in [4.69, 9.17) is 11.6 Å². The number of halogens is 4. The summed E-state index contributed by atoms with van der Waals surface area (Å²) in [5.74, 6) is -1.64. The molecule has 1 unspecified atom stereocenters. The van der Waals surface area contributed by atoms with Gasteiger partial charge >= 0.3 is 0 Å². The van der Waals surface area contributed by atoms with Crippen molar-refractivity contribution in [1.29, 1.82) is 0 Å². The van der Waals surface area contributed by atoms with Crippen molar-refractivity contribution >= 4 is 38.9 Å². The molecule has 90 valence electrons. The largest absolute Gasteiger partial charge is 0.204 e. The molecular weight excluding hydrogens is 330 g/mol. The fraction of sp³-hybridized carbons (Fsp3) is 0.167. The Morgan fingerprint density at radius 3 is 2.59 bits per heavy atom. The highest BCUT2D eigenvalue weighted by Gasteiger charge is 2.14. The van der Waals surface area contributed by atoms with E-state index in [1.54, 1.807) is 6.07 Å². The highest BCUT2D eigenvalue weighted by Crippen LogP contribution is 2.36. The summed E-state index contributed by atoms with van der Waals surface area (Å²) in [5, 5.41) is 2.59. The van der Waals surface area contributed by atoms with Gasteiger partial charge in [-0.1, -0.05) is 33.6 Å². The van der Waals surface area contributed by atoms with Crippen LogP contribution in [-0.4, -0.2) is 0 Å². The Hall–Kier alpha value is -0.450. The van der Waals surface area contributed by atoms with Crippen molar-refractivity contribution in [3.8, 4) is 0 Å². The first-order valence-corrected chi connectivity index (χ1v) is 7.06. The lowest BCUT2D eigenvalue weighted by molar-refractivity contribution is 0.507. The zero-order valence-electron chi connectivity index (χ0n) is 8.59. The van der Waals surface area contributed by atoms with E-state index in [9.17, 15) is 8.78 Å². The molecule has 5 heteroatoms. The van der Waals surface area contributed by atoms with Crippen molar-refractivity contribution in [3.05, 3.63) is 56.7 Å². The molecule has 0 saturated heterocycles. The Morgan fingerprint density at radius 1 is 1.24 bits per heavy atom. The van der Waals surface area contributed by atoms with Gasteiger partial charge < -0.3 is 0 Å². The lowest BCUT2D eigenvalue weighted by Gasteiger charge is -2.09. The molecule has 1 aromatic carbocycles. The van der Waals surface area contributed by atoms with Crippen molar-refractivity contribution < 1.29 is 8.78 Å². The van der Waals surface area contributed by atoms with Crippen LogP contribution in [0.15, 0.2) is 29.6 Å². The van der Waals surface area contributed by atoms with Gasteiger partial charge in [0.05, 0.1) is 9.85 Å². The molecule has 0 radical (unpaired) electrons. The molecule has 0 saturated carbocycles. The fourth-order valence-corrected chi connectivity index (χ4v) is 3.74. The first-order valence-electron chi connectivity index (χ1n) is 4.89. The zero-order chi connectivity index (χ0) is 12.4. The Labute approximate surface area is 115 Å². The van der Waals surface area contributed by atoms with Crippen molar-refractivity contribution in [2.24, 2.45) is 0 Å². The minimum Gasteiger partial charge on any atom is -0.204 e. The second-order valence-electron chi connectivity index (χ2n) is 3.55. The van der Waals surface area contributed by atoms with Gasteiger partial charge in [-0.2, -0.15) is 0 Å². The lowest BCUT2D eigenvalue weighted by atomic mass is 10.1. The van der Waals surface area contributed by atoms with Crippen molar-refractivity contribution in [2.75, 3.05) is 0 Å². The molecule has 0 N–H and O–H groups in total. The van der Waals surface area contributed by atoms with E-state index in [-0.39, 0.29) is 4.83 Å². The Morgan fingerprint density at radius 2 is 2.00 bits per heavy atom. The predicted molar refractivity (Wildman–Crippen MR) is 71.1 cm³/mol. The quantitative estimate of drug-likeness (QED) is 0.662. The van der Waals surface area contributed by atoms with Crippen LogP contribution in [0.2, 0.25) is 5.02 Å². The van der Waals surface area contributed by atoms with Crippen molar-refractivity contribution in [3.63, 3.8) is 0 Å². The third kappa shape index (κ3) is 3.06. The van der Waals surface area contributed by atoms with Gasteiger partial charge in [0.1, 0.15) is 0 Å². The maximum absolute atomic E-state index is 13.0. The summed E-state index contributed by atoms with van der Waals surface area (Å²) in [7, 11) is 0. The number of hydrogen-bond donors (Lipinski definition) is 0. The van der Waals surface area contributed by atoms with E-state index in [0.29, 0.717) is 11.4 Å². The highest BCUT2D eigenvalue weighted by molar-refractivity contribution is 9.09. The molecule has 1 heterocycles. The molecule has 0 nitrogen and oxygen atoms in total. The van der Waals surface area contributed by atoms with Gasteiger partial charge in [-0.15, -0.1) is 11.3 Å². The fourth-order valence-electron chi connectivity index (χ4n) is 1.50. The normalized spacial score (nSPS) is 12.7. The summed E-state index contributed by atoms with van der Waals surface area (Å²) in [4.78, 5) is 1.01. The van der Waals surface area contributed by atoms with Crippen LogP contribution in [0.1, 0.15) is 15.3 Å². The molecule has 2 rings (SSSR count). The molecule has 1 aromatic heterocycles. The molecule has 17 heavy (non-hydrogen) atoms. The van der Waals surface area contributed by atoms with Crippen molar-refractivity contribution in [1.82, 2.24) is 0 Å². The molecule has 0 bridgehead atoms. The van der Waals surface area contributed by atoms with E-state index in [0.717, 1.165) is 16.5 Å². The Bertz CT molecular complexity index is 527. The average molecular weight is 338 g/mol. The molecule has 0 spiro atoms. The third-order valence-electron chi connectivity index (χ3n) is 2.33. The highest BCUT2D eigenvalue weighted by atomic mass is 79.9. The van der Waals surface area contributed by atoms with Crippen LogP contribution >= 0.6 is 38.9 Å². The Kier molecular flexibility index (Phi) is 4.17. The maximum atomic E-state index is 13.0. The zero-order valence-corrected chi connectivity index (χ0v) is 11.7. The second kappa shape index (κ2) is 5.46. The lowest BCUT2D eigenvalue weighted by Crippen LogP contribution is -1.95. The van der Waals surface area contributed by atoms with Gasteiger partial charge in [0.25, 0.3) is 0 Å². The van der Waals surface area contributed by atoms with Gasteiger partial charge in [-0.05, 0) is 35.6 Å². The van der Waals surface area contributed by atoms with Crippen LogP contribution in [0.4, 0.5) is 8.78 Å². The summed E-state index contributed by atoms with van der Waals surface area (Å²) in [5.41, 5.74) is 0.732. The number of alkyl halides is 1. The molecule has 0 aliphatic carbocycles. The Balaban J connectivity index is 2.16. The molecular formula is C12H8BrClF2S. The first kappa shape index (κ1) is 13.0. The maximum Gasteiger partial charge on any atom is 0.159 e. The van der Waals surface area contributed by atoms with E-state index in [1.165, 1.54) is 17.4 Å². The van der Waals surface area contributed by atoms with Crippen LogP contribution in [0, 0.1) is 11.6 Å². The van der Waals surface area contributed by atoms with Crippen LogP contribution in [-0.2, 0) is 6.42 Å². The summed E-state index contributed by atoms with van der Waals surface area (Å²) < 4.78 is 25.8. The number of hydrogen-bond acceptors (Lipinski definition) is 1. The molecule has 0 amide bonds. The molecule has 0 aliphatic rings. The summed E-state index contributed by atoms with van der Waals surface area (Å²) in [6.45, 7) is 0. The SMILES string of the molecule is Fc1ccc(CC(Br)c2sccc2Cl)cc1F. The molecule has 2 aromatic rings. The molecule has 0 fully saturated rings. The van der Waals surface area contributed by atoms with E-state index >= 15 is 0 Å². The van der Waals surface area contributed by atoms with Gasteiger partial charge in [0, 0.05) is 4.88 Å². The average Bonchev–Trinajstić information content (AvgIpc) is 2.70. The number of thiophene rings is 1. The van der Waals surface area contributed by atoms with Crippen LogP contribution in [0.3, 0.4) is 0 Å². The summed E-state index contributed by atoms with van der Waals surface area (Å²) >= 11 is 11.0. The first-order chi connectivity index (χ1) is 8.08. The smallest absolute Gasteiger partial charge is 0.159 e. The molecule has 0 aliphatic heterocycles. The van der Waals surface area contributed by atoms with E-state index < -0.39 is 11.6 Å². The van der Waals surface area contributed by atoms with Gasteiger partial charge in [0.15, 0.2) is 11.6 Å². The van der Waals surface area contributed by atoms with Crippen LogP contribution in [0.5, 0.6) is 0 Å². The van der Waals surface area contributed by atoms with E-state index in [1.807, 2.05) is 11.4 Å². The topological polar surface area (TPSA) is 0 Å². The minimum atomic E-state index is -0.825. The second-order valence-corrected chi connectivity index (χ2v) is 6.01. The van der Waals surface area contributed by atoms with Crippen LogP contribution < -0.4 is 0 Å². The standard InChI is InChI=1S/C12H8BrClF2S/c13-8(12-9(14)3-4-17-12)5-7-1-2-10(15)11(16)6-7/h1-4,6,8H,5H2. The van der Waals surface area contributed by atoms with Crippen molar-refractivity contribution in [2.45, 2.75) is 11.2 Å². The summed E-state index contributed by atoms with van der Waals surface area (Å²) in [6, 6.07) is 5.75. The monoisotopic (exact) mass is 336 g/mol. The van der Waals surface area contributed by atoms with Gasteiger partial charge in [0.2, 0.25) is 0 Å². The van der Waals surface area contributed by atoms with Gasteiger partial charge in [-0.25, -0.2) is 8.78 Å². The van der Waals surface area contributed by atoms with Crippen LogP contribution in [0.25, 0.3) is 0 Å². The van der Waals surface area contributed by atoms with Gasteiger partial charge in [-0.3, -0.25) is 0 Å². The number of benzene rings is 1. The van der Waals surface area contributed by atoms with E-state index in [2.05, 4.69) is 15.9 Å². The summed E-state index contributed by atoms with van der Waals surface area (Å²) in [6.07, 6.45) is 0.567.